The zero-order valence-corrected chi connectivity index (χ0v) is 10.3. The molecule has 0 bridgehead atoms. The number of benzene rings is 1. The van der Waals surface area contributed by atoms with E-state index in [1.807, 2.05) is 25.1 Å². The lowest BCUT2D eigenvalue weighted by atomic mass is 10.1. The molecule has 2 aliphatic heterocycles. The molecule has 0 spiro atoms. The number of nitrogens with zero attached hydrogens (tertiary/aromatic N) is 1. The average Bonchev–Trinajstić information content (AvgIpc) is 2.63. The SMILES string of the molecule is CC1C(N)CC(=O)N1c1ccc2c(c1)OCCO2. The topological polar surface area (TPSA) is 64.8 Å². The molecular weight excluding hydrogens is 232 g/mol. The fraction of sp³-hybridized carbons (Fsp3) is 0.462. The maximum Gasteiger partial charge on any atom is 0.228 e. The lowest BCUT2D eigenvalue weighted by molar-refractivity contribution is -0.117. The number of hydrogen-bond acceptors (Lipinski definition) is 4. The maximum atomic E-state index is 11.9. The zero-order valence-electron chi connectivity index (χ0n) is 10.3. The number of ether oxygens (including phenoxy) is 2. The van der Waals surface area contributed by atoms with Crippen LogP contribution >= 0.6 is 0 Å². The normalized spacial score (nSPS) is 26.6. The van der Waals surface area contributed by atoms with Crippen molar-refractivity contribution in [1.29, 1.82) is 0 Å². The van der Waals surface area contributed by atoms with Crippen LogP contribution in [0.2, 0.25) is 0 Å². The quantitative estimate of drug-likeness (QED) is 0.802. The first-order valence-corrected chi connectivity index (χ1v) is 6.14. The number of fused-ring (bicyclic) bond motifs is 1. The first kappa shape index (κ1) is 11.3. The molecule has 3 rings (SSSR count). The highest BCUT2D eigenvalue weighted by atomic mass is 16.6. The van der Waals surface area contributed by atoms with Gasteiger partial charge < -0.3 is 20.1 Å². The van der Waals surface area contributed by atoms with Gasteiger partial charge in [0.25, 0.3) is 0 Å². The molecule has 18 heavy (non-hydrogen) atoms. The largest absolute Gasteiger partial charge is 0.486 e. The van der Waals surface area contributed by atoms with Gasteiger partial charge in [0.2, 0.25) is 5.91 Å². The van der Waals surface area contributed by atoms with E-state index in [-0.39, 0.29) is 18.0 Å². The second-order valence-electron chi connectivity index (χ2n) is 4.70. The summed E-state index contributed by atoms with van der Waals surface area (Å²) in [6, 6.07) is 5.47. The molecule has 0 aromatic heterocycles. The molecule has 1 fully saturated rings. The van der Waals surface area contributed by atoms with Crippen molar-refractivity contribution in [3.8, 4) is 11.5 Å². The van der Waals surface area contributed by atoms with Crippen LogP contribution in [0, 0.1) is 0 Å². The number of hydrogen-bond donors (Lipinski definition) is 1. The number of anilines is 1. The van der Waals surface area contributed by atoms with Crippen LogP contribution in [0.3, 0.4) is 0 Å². The van der Waals surface area contributed by atoms with Crippen LogP contribution < -0.4 is 20.1 Å². The van der Waals surface area contributed by atoms with Crippen molar-refractivity contribution in [2.45, 2.75) is 25.4 Å². The molecule has 2 N–H and O–H groups in total. The van der Waals surface area contributed by atoms with Gasteiger partial charge in [-0.3, -0.25) is 4.79 Å². The zero-order chi connectivity index (χ0) is 12.7. The van der Waals surface area contributed by atoms with Gasteiger partial charge in [-0.25, -0.2) is 0 Å². The Balaban J connectivity index is 1.95. The van der Waals surface area contributed by atoms with Gasteiger partial charge in [0.05, 0.1) is 0 Å². The first-order chi connectivity index (χ1) is 8.66. The molecule has 2 atom stereocenters. The Morgan fingerprint density at radius 1 is 1.28 bits per heavy atom. The Kier molecular flexibility index (Phi) is 2.63. The number of rotatable bonds is 1. The molecule has 0 radical (unpaired) electrons. The van der Waals surface area contributed by atoms with Crippen molar-refractivity contribution in [2.75, 3.05) is 18.1 Å². The van der Waals surface area contributed by atoms with Crippen LogP contribution in [0.25, 0.3) is 0 Å². The third kappa shape index (κ3) is 1.71. The number of carbonyl (C=O) groups excluding carboxylic acids is 1. The third-order valence-electron chi connectivity index (χ3n) is 3.51. The Bertz CT molecular complexity index is 489. The average molecular weight is 248 g/mol. The highest BCUT2D eigenvalue weighted by Gasteiger charge is 2.35. The van der Waals surface area contributed by atoms with Crippen molar-refractivity contribution in [3.05, 3.63) is 18.2 Å². The predicted octanol–water partition coefficient (Wildman–Crippen LogP) is 0.910. The molecule has 2 heterocycles. The van der Waals surface area contributed by atoms with E-state index in [9.17, 15) is 4.79 Å². The summed E-state index contributed by atoms with van der Waals surface area (Å²) in [6.07, 6.45) is 0.398. The van der Waals surface area contributed by atoms with Gasteiger partial charge in [0, 0.05) is 30.3 Å². The van der Waals surface area contributed by atoms with Crippen molar-refractivity contribution in [2.24, 2.45) is 5.73 Å². The van der Waals surface area contributed by atoms with E-state index in [0.29, 0.717) is 25.4 Å². The summed E-state index contributed by atoms with van der Waals surface area (Å²) in [4.78, 5) is 13.7. The number of carbonyl (C=O) groups is 1. The fourth-order valence-corrected chi connectivity index (χ4v) is 2.45. The van der Waals surface area contributed by atoms with Gasteiger partial charge in [0.1, 0.15) is 13.2 Å². The number of nitrogens with two attached hydrogens (primary N) is 1. The second-order valence-corrected chi connectivity index (χ2v) is 4.70. The van der Waals surface area contributed by atoms with E-state index in [0.717, 1.165) is 11.4 Å². The van der Waals surface area contributed by atoms with Crippen LogP contribution in [0.15, 0.2) is 18.2 Å². The minimum Gasteiger partial charge on any atom is -0.486 e. The molecule has 1 aromatic rings. The van der Waals surface area contributed by atoms with E-state index in [4.69, 9.17) is 15.2 Å². The van der Waals surface area contributed by atoms with Gasteiger partial charge >= 0.3 is 0 Å². The van der Waals surface area contributed by atoms with Gasteiger partial charge in [0.15, 0.2) is 11.5 Å². The van der Waals surface area contributed by atoms with Gasteiger partial charge in [-0.1, -0.05) is 0 Å². The van der Waals surface area contributed by atoms with Crippen LogP contribution in [-0.4, -0.2) is 31.2 Å². The first-order valence-electron chi connectivity index (χ1n) is 6.14. The standard InChI is InChI=1S/C13H16N2O3/c1-8-10(14)7-13(16)15(8)9-2-3-11-12(6-9)18-5-4-17-11/h2-3,6,8,10H,4-5,7,14H2,1H3. The molecular formula is C13H16N2O3. The maximum absolute atomic E-state index is 11.9. The molecule has 5 heteroatoms. The highest BCUT2D eigenvalue weighted by molar-refractivity contribution is 5.97. The number of amides is 1. The molecule has 5 nitrogen and oxygen atoms in total. The summed E-state index contributed by atoms with van der Waals surface area (Å²) in [5.41, 5.74) is 6.74. The van der Waals surface area contributed by atoms with Gasteiger partial charge in [-0.05, 0) is 19.1 Å². The van der Waals surface area contributed by atoms with Crippen molar-refractivity contribution < 1.29 is 14.3 Å². The van der Waals surface area contributed by atoms with E-state index < -0.39 is 0 Å². The molecule has 0 aliphatic carbocycles. The van der Waals surface area contributed by atoms with Gasteiger partial charge in [-0.2, -0.15) is 0 Å². The Hall–Kier alpha value is -1.75. The fourth-order valence-electron chi connectivity index (χ4n) is 2.45. The molecule has 1 amide bonds. The van der Waals surface area contributed by atoms with Crippen molar-refractivity contribution in [1.82, 2.24) is 0 Å². The minimum atomic E-state index is -0.106. The predicted molar refractivity (Wildman–Crippen MR) is 67.0 cm³/mol. The lowest BCUT2D eigenvalue weighted by Crippen LogP contribution is -2.38. The molecule has 0 saturated carbocycles. The van der Waals surface area contributed by atoms with Crippen molar-refractivity contribution >= 4 is 11.6 Å². The van der Waals surface area contributed by atoms with Crippen LogP contribution in [-0.2, 0) is 4.79 Å². The van der Waals surface area contributed by atoms with E-state index in [1.165, 1.54) is 0 Å². The van der Waals surface area contributed by atoms with Crippen LogP contribution in [0.5, 0.6) is 11.5 Å². The van der Waals surface area contributed by atoms with E-state index in [1.54, 1.807) is 4.90 Å². The Morgan fingerprint density at radius 2 is 2.00 bits per heavy atom. The van der Waals surface area contributed by atoms with Gasteiger partial charge in [-0.15, -0.1) is 0 Å². The smallest absolute Gasteiger partial charge is 0.228 e. The minimum absolute atomic E-state index is 0.0139. The summed E-state index contributed by atoms with van der Waals surface area (Å²) in [5.74, 6) is 1.49. The summed E-state index contributed by atoms with van der Waals surface area (Å²) >= 11 is 0. The monoisotopic (exact) mass is 248 g/mol. The summed E-state index contributed by atoms with van der Waals surface area (Å²) in [5, 5.41) is 0. The summed E-state index contributed by atoms with van der Waals surface area (Å²) in [7, 11) is 0. The molecule has 2 aliphatic rings. The molecule has 2 unspecified atom stereocenters. The molecule has 1 saturated heterocycles. The summed E-state index contributed by atoms with van der Waals surface area (Å²) < 4.78 is 11.0. The second kappa shape index (κ2) is 4.17. The van der Waals surface area contributed by atoms with Crippen molar-refractivity contribution in [3.63, 3.8) is 0 Å². The van der Waals surface area contributed by atoms with Crippen LogP contribution in [0.1, 0.15) is 13.3 Å². The lowest BCUT2D eigenvalue weighted by Gasteiger charge is -2.25. The highest BCUT2D eigenvalue weighted by Crippen LogP contribution is 2.36. The van der Waals surface area contributed by atoms with Crippen LogP contribution in [0.4, 0.5) is 5.69 Å². The Morgan fingerprint density at radius 3 is 2.67 bits per heavy atom. The van der Waals surface area contributed by atoms with E-state index >= 15 is 0 Å². The summed E-state index contributed by atoms with van der Waals surface area (Å²) in [6.45, 7) is 3.07. The molecule has 96 valence electrons. The van der Waals surface area contributed by atoms with E-state index in [2.05, 4.69) is 0 Å². The Labute approximate surface area is 105 Å². The third-order valence-corrected chi connectivity index (χ3v) is 3.51. The molecule has 1 aromatic carbocycles.